The van der Waals surface area contributed by atoms with Gasteiger partial charge in [-0.1, -0.05) is 12.1 Å². The highest BCUT2D eigenvalue weighted by Gasteiger charge is 2.22. The molecule has 9 heteroatoms. The van der Waals surface area contributed by atoms with Gasteiger partial charge in [-0.15, -0.1) is 11.3 Å². The summed E-state index contributed by atoms with van der Waals surface area (Å²) in [6.45, 7) is 3.68. The lowest BCUT2D eigenvalue weighted by atomic mass is 10.2. The Hall–Kier alpha value is -3.51. The number of para-hydroxylation sites is 1. The van der Waals surface area contributed by atoms with Crippen molar-refractivity contribution in [3.8, 4) is 6.07 Å². The van der Waals surface area contributed by atoms with Gasteiger partial charge in [-0.2, -0.15) is 5.26 Å². The Balaban J connectivity index is 1.74. The van der Waals surface area contributed by atoms with E-state index in [1.165, 1.54) is 10.9 Å². The smallest absolute Gasteiger partial charge is 0.348 e. The molecule has 0 bridgehead atoms. The number of aryl methyl sites for hydroxylation is 1. The van der Waals surface area contributed by atoms with Gasteiger partial charge in [0.05, 0.1) is 29.4 Å². The molecular weight excluding hydrogens is 392 g/mol. The number of thiophene rings is 1. The second-order valence-electron chi connectivity index (χ2n) is 6.15. The molecule has 0 unspecified atom stereocenters. The minimum atomic E-state index is -0.527. The lowest BCUT2D eigenvalue weighted by Gasteiger charge is -2.07. The highest BCUT2D eigenvalue weighted by Crippen LogP contribution is 2.33. The monoisotopic (exact) mass is 410 g/mol. The van der Waals surface area contributed by atoms with E-state index in [0.29, 0.717) is 21.5 Å². The summed E-state index contributed by atoms with van der Waals surface area (Å²) >= 11 is 1.00. The van der Waals surface area contributed by atoms with Crippen molar-refractivity contribution in [2.45, 2.75) is 26.8 Å². The Morgan fingerprint density at radius 3 is 2.83 bits per heavy atom. The van der Waals surface area contributed by atoms with Crippen LogP contribution in [0.25, 0.3) is 10.9 Å². The maximum absolute atomic E-state index is 12.5. The lowest BCUT2D eigenvalue weighted by molar-refractivity contribution is -0.116. The van der Waals surface area contributed by atoms with Gasteiger partial charge in [0.1, 0.15) is 15.9 Å². The first kappa shape index (κ1) is 20.2. The highest BCUT2D eigenvalue weighted by atomic mass is 32.1. The molecule has 0 radical (unpaired) electrons. The molecule has 2 aromatic heterocycles. The average molecular weight is 410 g/mol. The number of nitrogens with zero attached hydrogens (tertiary/aromatic N) is 3. The minimum absolute atomic E-state index is 0.0104. The zero-order chi connectivity index (χ0) is 21.0. The average Bonchev–Trinajstić information content (AvgIpc) is 3.03. The molecule has 1 amide bonds. The predicted octanol–water partition coefficient (Wildman–Crippen LogP) is 2.84. The third kappa shape index (κ3) is 4.17. The first-order valence-corrected chi connectivity index (χ1v) is 9.72. The van der Waals surface area contributed by atoms with Crippen molar-refractivity contribution in [2.24, 2.45) is 0 Å². The Morgan fingerprint density at radius 1 is 1.34 bits per heavy atom. The van der Waals surface area contributed by atoms with Gasteiger partial charge in [0, 0.05) is 13.0 Å². The molecule has 3 aromatic rings. The van der Waals surface area contributed by atoms with Crippen LogP contribution in [0.3, 0.4) is 0 Å². The van der Waals surface area contributed by atoms with Gasteiger partial charge in [0.2, 0.25) is 5.91 Å². The van der Waals surface area contributed by atoms with Gasteiger partial charge < -0.3 is 10.1 Å². The number of hydrogen-bond acceptors (Lipinski definition) is 7. The molecule has 0 saturated heterocycles. The van der Waals surface area contributed by atoms with Gasteiger partial charge in [-0.05, 0) is 31.5 Å². The van der Waals surface area contributed by atoms with Crippen LogP contribution >= 0.6 is 11.3 Å². The van der Waals surface area contributed by atoms with Crippen LogP contribution in [-0.4, -0.2) is 28.0 Å². The fourth-order valence-corrected chi connectivity index (χ4v) is 3.87. The van der Waals surface area contributed by atoms with Crippen LogP contribution in [0.15, 0.2) is 35.4 Å². The molecule has 0 atom stereocenters. The molecule has 0 aliphatic carbocycles. The number of nitriles is 1. The van der Waals surface area contributed by atoms with E-state index in [0.717, 1.165) is 11.3 Å². The quantitative estimate of drug-likeness (QED) is 0.625. The molecular formula is C20H18N4O4S. The Kier molecular flexibility index (Phi) is 6.04. The van der Waals surface area contributed by atoms with E-state index in [2.05, 4.69) is 10.3 Å². The van der Waals surface area contributed by atoms with Crippen LogP contribution in [0.5, 0.6) is 0 Å². The number of aromatic nitrogens is 2. The topological polar surface area (TPSA) is 114 Å². The summed E-state index contributed by atoms with van der Waals surface area (Å²) in [6.07, 6.45) is 1.42. The van der Waals surface area contributed by atoms with E-state index < -0.39 is 5.97 Å². The normalized spacial score (nSPS) is 10.5. The van der Waals surface area contributed by atoms with Crippen molar-refractivity contribution in [3.63, 3.8) is 0 Å². The second-order valence-corrected chi connectivity index (χ2v) is 7.17. The van der Waals surface area contributed by atoms with Crippen molar-refractivity contribution >= 4 is 39.1 Å². The largest absolute Gasteiger partial charge is 0.462 e. The Bertz CT molecular complexity index is 1190. The van der Waals surface area contributed by atoms with Crippen molar-refractivity contribution in [1.82, 2.24) is 9.55 Å². The molecule has 29 heavy (non-hydrogen) atoms. The van der Waals surface area contributed by atoms with E-state index in [4.69, 9.17) is 4.74 Å². The number of carbonyl (C=O) groups is 2. The number of ether oxygens (including phenoxy) is 1. The zero-order valence-corrected chi connectivity index (χ0v) is 16.7. The summed E-state index contributed by atoms with van der Waals surface area (Å²) in [4.78, 5) is 41.4. The molecule has 2 heterocycles. The van der Waals surface area contributed by atoms with Crippen LogP contribution in [0.2, 0.25) is 0 Å². The molecule has 0 fully saturated rings. The van der Waals surface area contributed by atoms with Gasteiger partial charge in [0.25, 0.3) is 5.56 Å². The van der Waals surface area contributed by atoms with E-state index in [1.807, 2.05) is 6.07 Å². The SMILES string of the molecule is CCOC(=O)c1sc(NC(=O)CCn2cnc3ccccc3c2=O)c(C#N)c1C. The standard InChI is InChI=1S/C20H18N4O4S/c1-3-28-20(27)17-12(2)14(10-21)18(29-17)23-16(25)8-9-24-11-22-15-7-5-4-6-13(15)19(24)26/h4-7,11H,3,8-9H2,1-2H3,(H,23,25). The number of esters is 1. The number of hydrogen-bond donors (Lipinski definition) is 1. The number of anilines is 1. The third-order valence-corrected chi connectivity index (χ3v) is 5.47. The molecule has 0 aliphatic rings. The molecule has 148 valence electrons. The number of rotatable bonds is 6. The second kappa shape index (κ2) is 8.67. The number of benzene rings is 1. The fraction of sp³-hybridized carbons (Fsp3) is 0.250. The summed E-state index contributed by atoms with van der Waals surface area (Å²) in [6, 6.07) is 9.00. The van der Waals surface area contributed by atoms with Gasteiger partial charge >= 0.3 is 5.97 Å². The van der Waals surface area contributed by atoms with Crippen LogP contribution in [-0.2, 0) is 16.1 Å². The first-order chi connectivity index (χ1) is 14.0. The van der Waals surface area contributed by atoms with Crippen LogP contribution in [0, 0.1) is 18.3 Å². The Labute approximate surface area is 170 Å². The molecule has 1 N–H and O–H groups in total. The highest BCUT2D eigenvalue weighted by molar-refractivity contribution is 7.18. The number of fused-ring (bicyclic) bond motifs is 1. The summed E-state index contributed by atoms with van der Waals surface area (Å²) in [7, 11) is 0. The molecule has 0 spiro atoms. The summed E-state index contributed by atoms with van der Waals surface area (Å²) in [5, 5.41) is 12.8. The zero-order valence-electron chi connectivity index (χ0n) is 15.9. The number of amides is 1. The summed E-state index contributed by atoms with van der Waals surface area (Å²) in [5.41, 5.74) is 1.08. The van der Waals surface area contributed by atoms with Crippen LogP contribution < -0.4 is 10.9 Å². The van der Waals surface area contributed by atoms with Crippen molar-refractivity contribution < 1.29 is 14.3 Å². The molecule has 0 aliphatic heterocycles. The van der Waals surface area contributed by atoms with Crippen molar-refractivity contribution in [2.75, 3.05) is 11.9 Å². The maximum Gasteiger partial charge on any atom is 0.348 e. The van der Waals surface area contributed by atoms with Crippen molar-refractivity contribution in [3.05, 3.63) is 57.0 Å². The fourth-order valence-electron chi connectivity index (χ4n) is 2.80. The predicted molar refractivity (Wildman–Crippen MR) is 109 cm³/mol. The minimum Gasteiger partial charge on any atom is -0.462 e. The van der Waals surface area contributed by atoms with Gasteiger partial charge in [-0.3, -0.25) is 14.2 Å². The third-order valence-electron chi connectivity index (χ3n) is 4.28. The van der Waals surface area contributed by atoms with Crippen molar-refractivity contribution in [1.29, 1.82) is 5.26 Å². The number of carbonyl (C=O) groups excluding carboxylic acids is 2. The molecule has 0 saturated carbocycles. The molecule has 8 nitrogen and oxygen atoms in total. The van der Waals surface area contributed by atoms with E-state index >= 15 is 0 Å². The van der Waals surface area contributed by atoms with E-state index in [-0.39, 0.29) is 41.5 Å². The Morgan fingerprint density at radius 2 is 2.10 bits per heavy atom. The number of nitrogens with one attached hydrogen (secondary N) is 1. The summed E-state index contributed by atoms with van der Waals surface area (Å²) < 4.78 is 6.36. The van der Waals surface area contributed by atoms with Crippen LogP contribution in [0.1, 0.15) is 34.1 Å². The first-order valence-electron chi connectivity index (χ1n) is 8.90. The van der Waals surface area contributed by atoms with E-state index in [1.54, 1.807) is 38.1 Å². The van der Waals surface area contributed by atoms with Gasteiger partial charge in [0.15, 0.2) is 0 Å². The maximum atomic E-state index is 12.5. The van der Waals surface area contributed by atoms with E-state index in [9.17, 15) is 19.6 Å². The van der Waals surface area contributed by atoms with Crippen LogP contribution in [0.4, 0.5) is 5.00 Å². The lowest BCUT2D eigenvalue weighted by Crippen LogP contribution is -2.23. The summed E-state index contributed by atoms with van der Waals surface area (Å²) in [5.74, 6) is -0.904. The molecule has 3 rings (SSSR count). The van der Waals surface area contributed by atoms with Gasteiger partial charge in [-0.25, -0.2) is 9.78 Å². The molecule has 1 aromatic carbocycles.